The van der Waals surface area contributed by atoms with E-state index in [1.807, 2.05) is 34.7 Å². The van der Waals surface area contributed by atoms with Crippen molar-refractivity contribution in [2.45, 2.75) is 50.9 Å². The van der Waals surface area contributed by atoms with Gasteiger partial charge in [0.2, 0.25) is 11.8 Å². The summed E-state index contributed by atoms with van der Waals surface area (Å²) >= 11 is 1.59. The van der Waals surface area contributed by atoms with Gasteiger partial charge in [-0.2, -0.15) is 5.10 Å². The van der Waals surface area contributed by atoms with Crippen molar-refractivity contribution in [3.8, 4) is 21.8 Å². The first kappa shape index (κ1) is 31.1. The van der Waals surface area contributed by atoms with Gasteiger partial charge in [-0.1, -0.05) is 19.9 Å². The lowest BCUT2D eigenvalue weighted by Crippen LogP contribution is -2.64. The molecular weight excluding hydrogens is 613 g/mol. The van der Waals surface area contributed by atoms with E-state index in [4.69, 9.17) is 15.7 Å². The fourth-order valence-corrected chi connectivity index (χ4v) is 7.83. The lowest BCUT2D eigenvalue weighted by molar-refractivity contribution is -0.137. The predicted octanol–water partition coefficient (Wildman–Crippen LogP) is 2.73. The van der Waals surface area contributed by atoms with E-state index in [0.29, 0.717) is 53.2 Å². The number of likely N-dealkylation sites (tertiary alicyclic amines) is 1. The first-order valence-corrected chi connectivity index (χ1v) is 18.0. The molecular formula is C31H38N8O4S2. The number of nitrogens with two attached hydrogens (primary N) is 1. The van der Waals surface area contributed by atoms with Crippen molar-refractivity contribution in [2.75, 3.05) is 43.9 Å². The van der Waals surface area contributed by atoms with Crippen molar-refractivity contribution < 1.29 is 18.0 Å². The van der Waals surface area contributed by atoms with E-state index in [-0.39, 0.29) is 25.0 Å². The number of thiophene rings is 1. The van der Waals surface area contributed by atoms with Crippen LogP contribution in [0.25, 0.3) is 27.5 Å². The minimum atomic E-state index is -3.22. The van der Waals surface area contributed by atoms with Crippen molar-refractivity contribution >= 4 is 44.5 Å². The summed E-state index contributed by atoms with van der Waals surface area (Å²) in [5, 5.41) is 5.96. The molecule has 2 aliphatic rings. The van der Waals surface area contributed by atoms with E-state index in [1.54, 1.807) is 33.0 Å². The molecule has 2 N–H and O–H groups in total. The van der Waals surface area contributed by atoms with Gasteiger partial charge in [-0.05, 0) is 56.4 Å². The fraction of sp³-hybridized carbons (Fsp3) is 0.452. The molecule has 6 heterocycles. The number of rotatable bonds is 11. The zero-order valence-electron chi connectivity index (χ0n) is 25.9. The maximum absolute atomic E-state index is 13.6. The van der Waals surface area contributed by atoms with Crippen molar-refractivity contribution in [3.05, 3.63) is 53.2 Å². The Hall–Kier alpha value is -3.88. The number of carbonyl (C=O) groups excluding carboxylic acids is 2. The normalized spacial score (nSPS) is 17.8. The quantitative estimate of drug-likeness (QED) is 0.259. The molecule has 0 unspecified atom stereocenters. The summed E-state index contributed by atoms with van der Waals surface area (Å²) in [5.74, 6) is -0.165. The summed E-state index contributed by atoms with van der Waals surface area (Å²) in [6.07, 6.45) is 5.84. The van der Waals surface area contributed by atoms with Gasteiger partial charge in [0.05, 0.1) is 33.3 Å². The number of aromatic nitrogens is 4. The molecule has 4 aromatic heterocycles. The molecule has 0 aliphatic carbocycles. The van der Waals surface area contributed by atoms with Crippen molar-refractivity contribution in [2.24, 2.45) is 5.73 Å². The highest BCUT2D eigenvalue weighted by molar-refractivity contribution is 7.91. The molecule has 6 rings (SSSR count). The third kappa shape index (κ3) is 5.82. The minimum Gasteiger partial charge on any atom is -0.366 e. The molecule has 2 saturated heterocycles. The summed E-state index contributed by atoms with van der Waals surface area (Å²) in [7, 11) is -3.22. The largest absolute Gasteiger partial charge is 0.366 e. The number of primary amides is 1. The Labute approximate surface area is 266 Å². The molecule has 2 fully saturated rings. The molecule has 0 saturated carbocycles. The molecule has 45 heavy (non-hydrogen) atoms. The maximum Gasteiger partial charge on any atom is 0.249 e. The third-order valence-corrected chi connectivity index (χ3v) is 11.5. The number of carbonyl (C=O) groups is 2. The Bertz CT molecular complexity index is 1850. The summed E-state index contributed by atoms with van der Waals surface area (Å²) in [6, 6.07) is 7.17. The van der Waals surface area contributed by atoms with E-state index >= 15 is 0 Å². The average molecular weight is 651 g/mol. The average Bonchev–Trinajstić information content (AvgIpc) is 3.62. The van der Waals surface area contributed by atoms with Gasteiger partial charge in [0.15, 0.2) is 15.5 Å². The molecule has 0 bridgehead atoms. The number of sulfone groups is 1. The van der Waals surface area contributed by atoms with Crippen molar-refractivity contribution in [1.82, 2.24) is 29.4 Å². The summed E-state index contributed by atoms with van der Waals surface area (Å²) in [6.45, 7) is 8.93. The highest BCUT2D eigenvalue weighted by atomic mass is 32.2. The van der Waals surface area contributed by atoms with Crippen LogP contribution in [-0.4, -0.2) is 106 Å². The molecule has 4 aromatic rings. The summed E-state index contributed by atoms with van der Waals surface area (Å²) < 4.78 is 25.6. The molecule has 238 valence electrons. The van der Waals surface area contributed by atoms with Gasteiger partial charge in [-0.15, -0.1) is 11.3 Å². The maximum atomic E-state index is 13.6. The molecule has 12 nitrogen and oxygen atoms in total. The lowest BCUT2D eigenvalue weighted by atomic mass is 9.94. The summed E-state index contributed by atoms with van der Waals surface area (Å²) in [5.41, 5.74) is 9.61. The Morgan fingerprint density at radius 2 is 1.91 bits per heavy atom. The number of amides is 2. The van der Waals surface area contributed by atoms with Crippen LogP contribution in [0.3, 0.4) is 0 Å². The van der Waals surface area contributed by atoms with Crippen LogP contribution in [0, 0.1) is 0 Å². The molecule has 0 spiro atoms. The second-order valence-corrected chi connectivity index (χ2v) is 15.1. The van der Waals surface area contributed by atoms with Crippen LogP contribution in [0.15, 0.2) is 42.0 Å². The van der Waals surface area contributed by atoms with Gasteiger partial charge in [0.1, 0.15) is 11.9 Å². The van der Waals surface area contributed by atoms with E-state index in [1.165, 1.54) is 6.26 Å². The zero-order valence-corrected chi connectivity index (χ0v) is 27.5. The Morgan fingerprint density at radius 3 is 2.51 bits per heavy atom. The van der Waals surface area contributed by atoms with E-state index in [2.05, 4.69) is 30.8 Å². The standard InChI is InChI=1S/C31H38N8O4S2/c1-5-36(6-2)19(3)14-22-21(28(32)40)15-25(23-16-33-39-12-9-24(34-30(23)39)27-8-7-13-44-27)35-29(22)38-11-10-26(38)31(41)37-17-20(18-37)45(4,42)43/h7-9,12-13,15-16,19-20,26H,5-6,10-11,14,17-18H2,1-4H3,(H2,32,40)/t19-,26-/m0/s1. The van der Waals surface area contributed by atoms with Crippen LogP contribution in [0.4, 0.5) is 5.82 Å². The van der Waals surface area contributed by atoms with Crippen molar-refractivity contribution in [1.29, 1.82) is 0 Å². The second-order valence-electron chi connectivity index (χ2n) is 11.8. The molecule has 14 heteroatoms. The van der Waals surface area contributed by atoms with Crippen LogP contribution < -0.4 is 10.6 Å². The van der Waals surface area contributed by atoms with Gasteiger partial charge >= 0.3 is 0 Å². The number of nitrogens with zero attached hydrogens (tertiary/aromatic N) is 7. The van der Waals surface area contributed by atoms with E-state index < -0.39 is 27.0 Å². The number of hydrogen-bond donors (Lipinski definition) is 1. The Balaban J connectivity index is 1.44. The summed E-state index contributed by atoms with van der Waals surface area (Å²) in [4.78, 5) is 43.5. The Morgan fingerprint density at radius 1 is 1.16 bits per heavy atom. The van der Waals surface area contributed by atoms with Gasteiger partial charge in [-0.25, -0.2) is 22.9 Å². The SMILES string of the molecule is CCN(CC)[C@@H](C)Cc1c(C(N)=O)cc(-c2cnn3ccc(-c4cccs4)nc23)nc1N1CC[C@H]1C(=O)N1CC(S(C)(=O)=O)C1. The molecule has 2 amide bonds. The molecule has 2 aliphatic heterocycles. The number of pyridine rings is 1. The Kier molecular flexibility index (Phi) is 8.39. The highest BCUT2D eigenvalue weighted by Gasteiger charge is 2.45. The van der Waals surface area contributed by atoms with Gasteiger partial charge in [0, 0.05) is 49.3 Å². The van der Waals surface area contributed by atoms with Gasteiger partial charge in [-0.3, -0.25) is 9.59 Å². The highest BCUT2D eigenvalue weighted by Crippen LogP contribution is 2.37. The van der Waals surface area contributed by atoms with Crippen LogP contribution in [0.1, 0.15) is 43.1 Å². The van der Waals surface area contributed by atoms with E-state index in [9.17, 15) is 18.0 Å². The molecule has 0 radical (unpaired) electrons. The predicted molar refractivity (Wildman–Crippen MR) is 175 cm³/mol. The monoisotopic (exact) mass is 650 g/mol. The number of anilines is 1. The fourth-order valence-electron chi connectivity index (χ4n) is 6.23. The first-order chi connectivity index (χ1) is 21.5. The molecule has 0 aromatic carbocycles. The van der Waals surface area contributed by atoms with Gasteiger partial charge in [0.25, 0.3) is 0 Å². The van der Waals surface area contributed by atoms with Crippen LogP contribution >= 0.6 is 11.3 Å². The second kappa shape index (κ2) is 12.1. The number of fused-ring (bicyclic) bond motifs is 1. The van der Waals surface area contributed by atoms with Crippen molar-refractivity contribution in [3.63, 3.8) is 0 Å². The number of hydrogen-bond acceptors (Lipinski definition) is 10. The number of likely N-dealkylation sites (N-methyl/N-ethyl adjacent to an activating group) is 1. The van der Waals surface area contributed by atoms with E-state index in [0.717, 1.165) is 23.7 Å². The third-order valence-electron chi connectivity index (χ3n) is 9.06. The van der Waals surface area contributed by atoms with Gasteiger partial charge < -0.3 is 20.4 Å². The first-order valence-electron chi connectivity index (χ1n) is 15.2. The molecule has 2 atom stereocenters. The van der Waals surface area contributed by atoms with Crippen LogP contribution in [-0.2, 0) is 21.1 Å². The minimum absolute atomic E-state index is 0.0813. The zero-order chi connectivity index (χ0) is 32.0. The topological polar surface area (TPSA) is 147 Å². The smallest absolute Gasteiger partial charge is 0.249 e. The van der Waals surface area contributed by atoms with Crippen LogP contribution in [0.5, 0.6) is 0 Å². The lowest BCUT2D eigenvalue weighted by Gasteiger charge is -2.47. The van der Waals surface area contributed by atoms with Crippen LogP contribution in [0.2, 0.25) is 0 Å².